The van der Waals surface area contributed by atoms with E-state index in [1.165, 1.54) is 0 Å². The van der Waals surface area contributed by atoms with E-state index in [0.717, 1.165) is 11.1 Å². The van der Waals surface area contributed by atoms with Crippen LogP contribution in [0, 0.1) is 13.8 Å². The molecular weight excluding hydrogens is 408 g/mol. The minimum absolute atomic E-state index is 0.0472. The van der Waals surface area contributed by atoms with Gasteiger partial charge < -0.3 is 19.8 Å². The average molecular weight is 439 g/mol. The minimum atomic E-state index is -0.523. The van der Waals surface area contributed by atoms with Gasteiger partial charge in [-0.2, -0.15) is 5.10 Å². The van der Waals surface area contributed by atoms with Crippen LogP contribution in [0.15, 0.2) is 33.7 Å². The summed E-state index contributed by atoms with van der Waals surface area (Å²) in [6.07, 6.45) is 3.22. The Morgan fingerprint density at radius 2 is 1.97 bits per heavy atom. The molecule has 0 radical (unpaired) electrons. The van der Waals surface area contributed by atoms with E-state index < -0.39 is 5.60 Å². The molecular formula is C24H30N4O4. The van der Waals surface area contributed by atoms with Crippen molar-refractivity contribution in [3.63, 3.8) is 0 Å². The number of rotatable bonds is 3. The van der Waals surface area contributed by atoms with Crippen LogP contribution in [0.5, 0.6) is 0 Å². The number of hydrogen-bond acceptors (Lipinski definition) is 6. The number of likely N-dealkylation sites (tertiary alicyclic amines) is 1. The Morgan fingerprint density at radius 3 is 2.59 bits per heavy atom. The van der Waals surface area contributed by atoms with Crippen LogP contribution < -0.4 is 11.2 Å². The minimum Gasteiger partial charge on any atom is -0.455 e. The van der Waals surface area contributed by atoms with Gasteiger partial charge in [0.1, 0.15) is 16.9 Å². The number of aryl methyl sites for hydroxylation is 1. The molecule has 0 saturated carbocycles. The summed E-state index contributed by atoms with van der Waals surface area (Å²) < 4.78 is 13.5. The molecule has 1 aliphatic rings. The standard InChI is InChI=1S/C24H30N4O4/c1-13-7-18(15(3)25)22-19(8-13)20(29)14(2)21(31-22)16-9-26-28(10-16)17-11-27(12-17)23(30)32-24(4,5)6/h7-10,15,17H,11-12,25H2,1-6H3/t15-/m1/s1. The van der Waals surface area contributed by atoms with Gasteiger partial charge in [-0.25, -0.2) is 4.79 Å². The fourth-order valence-corrected chi connectivity index (χ4v) is 3.93. The van der Waals surface area contributed by atoms with Gasteiger partial charge in [0.25, 0.3) is 0 Å². The molecule has 1 atom stereocenters. The second-order valence-corrected chi connectivity index (χ2v) is 9.65. The fourth-order valence-electron chi connectivity index (χ4n) is 3.93. The fraction of sp³-hybridized carbons (Fsp3) is 0.458. The van der Waals surface area contributed by atoms with Crippen molar-refractivity contribution in [2.24, 2.45) is 5.73 Å². The smallest absolute Gasteiger partial charge is 0.410 e. The van der Waals surface area contributed by atoms with Gasteiger partial charge in [-0.15, -0.1) is 0 Å². The highest BCUT2D eigenvalue weighted by Gasteiger charge is 2.35. The molecule has 3 aromatic rings. The van der Waals surface area contributed by atoms with Gasteiger partial charge in [0.05, 0.1) is 23.2 Å². The van der Waals surface area contributed by atoms with Crippen molar-refractivity contribution in [1.29, 1.82) is 0 Å². The van der Waals surface area contributed by atoms with E-state index in [1.807, 2.05) is 52.9 Å². The number of aromatic nitrogens is 2. The van der Waals surface area contributed by atoms with Crippen LogP contribution in [0.25, 0.3) is 22.3 Å². The first-order chi connectivity index (χ1) is 14.9. The van der Waals surface area contributed by atoms with Crippen LogP contribution >= 0.6 is 0 Å². The first-order valence-corrected chi connectivity index (χ1v) is 10.8. The number of ether oxygens (including phenoxy) is 1. The molecule has 8 nitrogen and oxygen atoms in total. The van der Waals surface area contributed by atoms with Gasteiger partial charge in [-0.3, -0.25) is 9.48 Å². The molecule has 0 bridgehead atoms. The predicted octanol–water partition coefficient (Wildman–Crippen LogP) is 4.08. The number of amides is 1. The maximum Gasteiger partial charge on any atom is 0.410 e. The zero-order valence-corrected chi connectivity index (χ0v) is 19.4. The predicted molar refractivity (Wildman–Crippen MR) is 123 cm³/mol. The van der Waals surface area contributed by atoms with Crippen LogP contribution in [-0.2, 0) is 4.74 Å². The molecule has 170 valence electrons. The Balaban J connectivity index is 1.63. The first-order valence-electron chi connectivity index (χ1n) is 10.8. The van der Waals surface area contributed by atoms with Crippen LogP contribution in [0.1, 0.15) is 56.5 Å². The summed E-state index contributed by atoms with van der Waals surface area (Å²) in [6, 6.07) is 3.57. The molecule has 2 N–H and O–H groups in total. The van der Waals surface area contributed by atoms with Crippen LogP contribution in [0.3, 0.4) is 0 Å². The molecule has 4 rings (SSSR count). The number of nitrogens with zero attached hydrogens (tertiary/aromatic N) is 3. The summed E-state index contributed by atoms with van der Waals surface area (Å²) in [6.45, 7) is 12.2. The normalized spacial score (nSPS) is 15.7. The number of carbonyl (C=O) groups excluding carboxylic acids is 1. The third kappa shape index (κ3) is 4.02. The highest BCUT2D eigenvalue weighted by Crippen LogP contribution is 2.31. The Morgan fingerprint density at radius 1 is 1.28 bits per heavy atom. The summed E-state index contributed by atoms with van der Waals surface area (Å²) in [4.78, 5) is 26.9. The Labute approximate surface area is 186 Å². The van der Waals surface area contributed by atoms with Gasteiger partial charge in [0.15, 0.2) is 5.43 Å². The SMILES string of the molecule is Cc1cc([C@@H](C)N)c2oc(-c3cnn(C4CN(C(=O)OC(C)(C)C)C4)c3)c(C)c(=O)c2c1. The summed E-state index contributed by atoms with van der Waals surface area (Å²) >= 11 is 0. The van der Waals surface area contributed by atoms with E-state index >= 15 is 0 Å². The average Bonchev–Trinajstić information content (AvgIpc) is 3.11. The third-order valence-electron chi connectivity index (χ3n) is 5.63. The summed E-state index contributed by atoms with van der Waals surface area (Å²) in [5, 5.41) is 5.00. The highest BCUT2D eigenvalue weighted by molar-refractivity contribution is 5.84. The zero-order chi connectivity index (χ0) is 23.4. The molecule has 0 spiro atoms. The van der Waals surface area contributed by atoms with Gasteiger partial charge in [0, 0.05) is 36.5 Å². The molecule has 1 saturated heterocycles. The monoisotopic (exact) mass is 438 g/mol. The van der Waals surface area contributed by atoms with E-state index in [9.17, 15) is 9.59 Å². The Bertz CT molecular complexity index is 1240. The molecule has 1 aliphatic heterocycles. The van der Waals surface area contributed by atoms with E-state index in [0.29, 0.717) is 40.9 Å². The lowest BCUT2D eigenvalue weighted by atomic mass is 10.00. The van der Waals surface area contributed by atoms with Crippen molar-refractivity contribution in [3.05, 3.63) is 51.4 Å². The van der Waals surface area contributed by atoms with Crippen LogP contribution in [0.4, 0.5) is 4.79 Å². The molecule has 32 heavy (non-hydrogen) atoms. The molecule has 0 unspecified atom stereocenters. The van der Waals surface area contributed by atoms with Crippen molar-refractivity contribution in [1.82, 2.24) is 14.7 Å². The Kier molecular flexibility index (Phi) is 5.36. The molecule has 1 amide bonds. The lowest BCUT2D eigenvalue weighted by Crippen LogP contribution is -2.52. The van der Waals surface area contributed by atoms with Crippen molar-refractivity contribution in [2.45, 2.75) is 59.2 Å². The van der Waals surface area contributed by atoms with E-state index in [4.69, 9.17) is 14.9 Å². The van der Waals surface area contributed by atoms with E-state index in [1.54, 1.807) is 22.7 Å². The number of fused-ring (bicyclic) bond motifs is 1. The maximum absolute atomic E-state index is 13.1. The quantitative estimate of drug-likeness (QED) is 0.661. The van der Waals surface area contributed by atoms with Crippen molar-refractivity contribution >= 4 is 17.1 Å². The molecule has 8 heteroatoms. The van der Waals surface area contributed by atoms with Gasteiger partial charge in [-0.05, 0) is 53.2 Å². The van der Waals surface area contributed by atoms with Crippen LogP contribution in [0.2, 0.25) is 0 Å². The topological polar surface area (TPSA) is 104 Å². The lowest BCUT2D eigenvalue weighted by Gasteiger charge is -2.39. The number of hydrogen-bond donors (Lipinski definition) is 1. The maximum atomic E-state index is 13.1. The summed E-state index contributed by atoms with van der Waals surface area (Å²) in [5.41, 5.74) is 9.09. The first kappa shape index (κ1) is 22.1. The molecule has 1 fully saturated rings. The lowest BCUT2D eigenvalue weighted by molar-refractivity contribution is -0.000384. The Hall–Kier alpha value is -3.13. The molecule has 1 aromatic carbocycles. The van der Waals surface area contributed by atoms with Crippen molar-refractivity contribution in [2.75, 3.05) is 13.1 Å². The van der Waals surface area contributed by atoms with E-state index in [-0.39, 0.29) is 23.6 Å². The van der Waals surface area contributed by atoms with Crippen molar-refractivity contribution in [3.8, 4) is 11.3 Å². The largest absolute Gasteiger partial charge is 0.455 e. The number of carbonyl (C=O) groups is 1. The van der Waals surface area contributed by atoms with Gasteiger partial charge >= 0.3 is 6.09 Å². The molecule has 0 aliphatic carbocycles. The summed E-state index contributed by atoms with van der Waals surface area (Å²) in [7, 11) is 0. The second kappa shape index (κ2) is 7.78. The zero-order valence-electron chi connectivity index (χ0n) is 19.4. The van der Waals surface area contributed by atoms with Crippen molar-refractivity contribution < 1.29 is 13.9 Å². The van der Waals surface area contributed by atoms with E-state index in [2.05, 4.69) is 5.10 Å². The molecule has 2 aromatic heterocycles. The van der Waals surface area contributed by atoms with Crippen LogP contribution in [-0.4, -0.2) is 39.5 Å². The van der Waals surface area contributed by atoms with Gasteiger partial charge in [-0.1, -0.05) is 6.07 Å². The number of benzene rings is 1. The third-order valence-corrected chi connectivity index (χ3v) is 5.63. The highest BCUT2D eigenvalue weighted by atomic mass is 16.6. The second-order valence-electron chi connectivity index (χ2n) is 9.65. The number of nitrogens with two attached hydrogens (primary N) is 1. The van der Waals surface area contributed by atoms with Gasteiger partial charge in [0.2, 0.25) is 0 Å². The molecule has 3 heterocycles. The summed E-state index contributed by atoms with van der Waals surface area (Å²) in [5.74, 6) is 0.489.